The first-order chi connectivity index (χ1) is 64.7. The third-order valence-electron chi connectivity index (χ3n) is 19.2. The molecule has 18 aromatic rings. The van der Waals surface area contributed by atoms with E-state index in [1.54, 1.807) is 127 Å². The zero-order valence-electron chi connectivity index (χ0n) is 68.7. The molecule has 4 amide bonds. The maximum absolute atomic E-state index is 13.1. The van der Waals surface area contributed by atoms with Gasteiger partial charge in [-0.1, -0.05) is 115 Å². The van der Waals surface area contributed by atoms with Crippen LogP contribution < -0.4 is 21.7 Å². The highest BCUT2D eigenvalue weighted by molar-refractivity contribution is 6.14. The van der Waals surface area contributed by atoms with Gasteiger partial charge in [0, 0.05) is 102 Å². The molecule has 0 atom stereocenters. The average Bonchev–Trinajstić information content (AvgIpc) is 1.04. The molecule has 0 spiro atoms. The average molecular weight is 1760 g/mol. The molecule has 0 aliphatic carbocycles. The number of amides is 4. The van der Waals surface area contributed by atoms with Crippen molar-refractivity contribution in [3.05, 3.63) is 329 Å². The van der Waals surface area contributed by atoms with Crippen molar-refractivity contribution in [1.29, 1.82) is 21.0 Å². The minimum Gasteiger partial charge on any atom is -0.505 e. The van der Waals surface area contributed by atoms with Gasteiger partial charge < -0.3 is 42.1 Å². The molecule has 0 aliphatic rings. The monoisotopic (exact) mass is 1760 g/mol. The van der Waals surface area contributed by atoms with Gasteiger partial charge in [0.05, 0.1) is 52.0 Å². The van der Waals surface area contributed by atoms with Gasteiger partial charge in [0.15, 0.2) is 46.3 Å². The molecule has 10 aromatic carbocycles. The highest BCUT2D eigenvalue weighted by atomic mass is 16.6. The Morgan fingerprint density at radius 1 is 0.368 bits per heavy atom. The van der Waals surface area contributed by atoms with Gasteiger partial charge in [0.1, 0.15) is 69.3 Å². The second-order valence-corrected chi connectivity index (χ2v) is 27.5. The minimum atomic E-state index is -0.801. The van der Waals surface area contributed by atoms with Gasteiger partial charge in [-0.15, -0.1) is 40.9 Å². The lowest BCUT2D eigenvalue weighted by Crippen LogP contribution is -2.17. The Labute approximate surface area is 747 Å². The number of hydrogen-bond acceptors (Lipinski definition) is 34. The maximum atomic E-state index is 13.1. The minimum absolute atomic E-state index is 0.0219. The van der Waals surface area contributed by atoms with Crippen LogP contribution in [0.25, 0.3) is 66.9 Å². The summed E-state index contributed by atoms with van der Waals surface area (Å²) in [5.41, 5.74) is 7.49. The van der Waals surface area contributed by atoms with Crippen LogP contribution in [0, 0.1) is 62.4 Å². The van der Waals surface area contributed by atoms with E-state index < -0.39 is 40.1 Å². The molecule has 8 heterocycles. The Balaban J connectivity index is 0.000000136. The molecule has 0 saturated heterocycles. The first-order valence-corrected chi connectivity index (χ1v) is 38.9. The molecule has 18 rings (SSSR count). The van der Waals surface area contributed by atoms with E-state index in [4.69, 9.17) is 5.73 Å². The van der Waals surface area contributed by atoms with Crippen LogP contribution in [-0.2, 0) is 0 Å². The molecule has 133 heavy (non-hydrogen) atoms. The van der Waals surface area contributed by atoms with E-state index in [0.717, 1.165) is 5.56 Å². The number of nitrogens with one attached hydrogen (secondary N) is 3. The van der Waals surface area contributed by atoms with Gasteiger partial charge in [0.2, 0.25) is 0 Å². The fraction of sp³-hybridized carbons (Fsp3) is 0.0222. The van der Waals surface area contributed by atoms with Crippen LogP contribution in [0.4, 0.5) is 63.1 Å². The number of anilines is 2. The molecule has 9 N–H and O–H groups in total. The second-order valence-electron chi connectivity index (χ2n) is 27.5. The number of carbonyl (C=O) groups excluding carboxylic acids is 4. The fourth-order valence-electron chi connectivity index (χ4n) is 13.0. The number of nitro groups is 1. The number of aryl methyl sites for hydroxylation is 1. The van der Waals surface area contributed by atoms with Gasteiger partial charge in [-0.05, 0) is 101 Å². The Morgan fingerprint density at radius 3 is 0.932 bits per heavy atom. The predicted octanol–water partition coefficient (Wildman–Crippen LogP) is 16.4. The number of rotatable bonds is 19. The quantitative estimate of drug-likeness (QED) is 0.0212. The smallest absolute Gasteiger partial charge is 0.271 e. The number of primary amides is 1. The van der Waals surface area contributed by atoms with Crippen LogP contribution in [0.3, 0.4) is 0 Å². The van der Waals surface area contributed by atoms with Crippen LogP contribution >= 0.6 is 0 Å². The van der Waals surface area contributed by atoms with Gasteiger partial charge in [0.25, 0.3) is 53.1 Å². The molecule has 0 saturated carbocycles. The number of nitrogens with zero attached hydrogens (tertiary/aromatic N) is 29. The van der Waals surface area contributed by atoms with E-state index >= 15 is 0 Å². The number of benzene rings is 10. The number of non-ortho nitro benzene ring substituents is 1. The number of azo groups is 4. The van der Waals surface area contributed by atoms with E-state index in [-0.39, 0.29) is 137 Å². The zero-order valence-corrected chi connectivity index (χ0v) is 68.7. The number of nitro benzene ring substituents is 1. The summed E-state index contributed by atoms with van der Waals surface area (Å²) >= 11 is 0. The van der Waals surface area contributed by atoms with E-state index in [0.29, 0.717) is 48.8 Å². The first kappa shape index (κ1) is 87.2. The highest BCUT2D eigenvalue weighted by Gasteiger charge is 2.27. The maximum Gasteiger partial charge on any atom is 0.271 e. The van der Waals surface area contributed by atoms with Crippen LogP contribution in [0.5, 0.6) is 23.0 Å². The van der Waals surface area contributed by atoms with E-state index in [1.165, 1.54) is 137 Å². The number of aromatic nitrogens is 16. The molecular weight excluding hydrogens is 1700 g/mol. The van der Waals surface area contributed by atoms with Crippen molar-refractivity contribution in [3.8, 4) is 71.1 Å². The SMILES string of the molecule is CNC(=O)c1cc2ccccc2c(N=Nc2c(C#N)cnn2-c2ncccn2)c1O.Cc1cccc(NC(=O)c2cc3ccccc3c(N=Nc3c(C#N)cnn3-c3ncccn3)c2O)c1.N#Cc1cnn(-c2ncccn2)c1N=Nc1c(O)c(C(=O)Nc2cccc([N+](=O)[O-])c2)cc2ccccc12.N#Cc1cnn(-c2ncccn2)c1N=Nc1c(O)c(C(N)=O)cc2ccccc12. The molecule has 43 heteroatoms. The standard InChI is InChI=1S/C26H18N8O2.C25H15N9O4.C20H14N8O2.C19H12N8O2/c1-16-6-4-8-19(12-16)31-25(36)21-13-17-7-2-3-9-20(17)22(23(21)35)32-33-24-18(14-27)15-30-34(24)26-28-10-5-11-29-26;26-13-16-14-29-33(25-27-9-4-10-28-25)23(16)32-31-21-19-8-2-1-5-15(19)11-20(22(21)35)24(36)30-17-6-3-7-18(12-17)34(37)38;1-22-19(30)15-9-12-5-2-3-6-14(12)16(17(15)29)26-27-18-13(10-21)11-25-28(18)20-23-7-4-8-24-20;20-9-12-10-24-27(19-22-6-3-7-23-19)18(12)26-25-15-13-5-2-1-4-11(13)8-14(16(15)28)17(21)29/h2-13,15,35H,1H3,(H,31,36);1-12,14,35H,(H,30,36);2-9,11,29H,1H3,(H,22,30);1-8,10,28H,(H2,21,29). The van der Waals surface area contributed by atoms with Crippen molar-refractivity contribution in [3.63, 3.8) is 0 Å². The number of nitriles is 4. The van der Waals surface area contributed by atoms with Crippen molar-refractivity contribution in [1.82, 2.24) is 84.3 Å². The zero-order chi connectivity index (χ0) is 93.2. The van der Waals surface area contributed by atoms with Crippen molar-refractivity contribution in [2.45, 2.75) is 6.92 Å². The van der Waals surface area contributed by atoms with Crippen LogP contribution in [0.2, 0.25) is 0 Å². The molecule has 0 radical (unpaired) electrons. The van der Waals surface area contributed by atoms with Gasteiger partial charge in [-0.2, -0.15) is 60.2 Å². The Bertz CT molecular complexity index is 7910. The van der Waals surface area contributed by atoms with Crippen LogP contribution in [0.15, 0.2) is 309 Å². The summed E-state index contributed by atoms with van der Waals surface area (Å²) in [6.45, 7) is 1.92. The molecule has 644 valence electrons. The Hall–Kier alpha value is -20.8. The van der Waals surface area contributed by atoms with Crippen LogP contribution in [0.1, 0.15) is 69.2 Å². The summed E-state index contributed by atoms with van der Waals surface area (Å²) < 4.78 is 5.01. The van der Waals surface area contributed by atoms with Gasteiger partial charge >= 0.3 is 0 Å². The van der Waals surface area contributed by atoms with E-state index in [9.17, 15) is 70.8 Å². The highest BCUT2D eigenvalue weighted by Crippen LogP contribution is 2.45. The molecule has 0 aliphatic heterocycles. The van der Waals surface area contributed by atoms with Crippen molar-refractivity contribution >= 4 is 130 Å². The molecule has 43 nitrogen and oxygen atoms in total. The Kier molecular flexibility index (Phi) is 25.8. The van der Waals surface area contributed by atoms with Crippen LogP contribution in [-0.4, -0.2) is 135 Å². The summed E-state index contributed by atoms with van der Waals surface area (Å²) in [6.07, 6.45) is 17.4. The van der Waals surface area contributed by atoms with E-state index in [2.05, 4.69) is 117 Å². The summed E-state index contributed by atoms with van der Waals surface area (Å²) in [6, 6.07) is 61.6. The molecule has 0 bridgehead atoms. The predicted molar refractivity (Wildman–Crippen MR) is 477 cm³/mol. The fourth-order valence-corrected chi connectivity index (χ4v) is 13.0. The Morgan fingerprint density at radius 2 is 0.647 bits per heavy atom. The summed E-state index contributed by atoms with van der Waals surface area (Å²) in [5.74, 6) is -2.98. The lowest BCUT2D eigenvalue weighted by atomic mass is 10.0. The second kappa shape index (κ2) is 39.4. The molecule has 0 unspecified atom stereocenters. The normalized spacial score (nSPS) is 11.0. The van der Waals surface area contributed by atoms with Gasteiger partial charge in [-0.25, -0.2) is 39.9 Å². The number of aromatic hydroxyl groups is 4. The number of phenolic OH excluding ortho intramolecular Hbond substituents is 3. The first-order valence-electron chi connectivity index (χ1n) is 38.9. The van der Waals surface area contributed by atoms with Gasteiger partial charge in [-0.3, -0.25) is 29.3 Å². The van der Waals surface area contributed by atoms with Crippen molar-refractivity contribution < 1.29 is 44.5 Å². The lowest BCUT2D eigenvalue weighted by molar-refractivity contribution is -0.384. The van der Waals surface area contributed by atoms with Crippen molar-refractivity contribution in [2.75, 3.05) is 17.7 Å². The van der Waals surface area contributed by atoms with Crippen molar-refractivity contribution in [2.24, 2.45) is 46.6 Å². The molecule has 8 aromatic heterocycles. The number of carbonyl (C=O) groups is 4. The largest absolute Gasteiger partial charge is 0.505 e. The lowest BCUT2D eigenvalue weighted by Gasteiger charge is -2.11. The number of phenols is 4. The third kappa shape index (κ3) is 18.9. The summed E-state index contributed by atoms with van der Waals surface area (Å²) in [7, 11) is 1.47. The number of fused-ring (bicyclic) bond motifs is 4. The molecular formula is C90H59N33O10. The van der Waals surface area contributed by atoms with E-state index in [1.807, 2.05) is 61.5 Å². The third-order valence-corrected chi connectivity index (χ3v) is 19.2. The topological polar surface area (TPSA) is 623 Å². The summed E-state index contributed by atoms with van der Waals surface area (Å²) in [5, 5.41) is 155. The summed E-state index contributed by atoms with van der Waals surface area (Å²) in [4.78, 5) is 93.5. The number of nitrogens with two attached hydrogens (primary N) is 1. The molecule has 0 fully saturated rings. The number of hydrogen-bond donors (Lipinski definition) is 8.